The number of fused-ring (bicyclic) bond motifs is 1. The number of nitrogens with zero attached hydrogens (tertiary/aromatic N) is 2. The molecule has 1 aromatic heterocycles. The number of aromatic nitrogens is 1. The Kier molecular flexibility index (Phi) is 6.78. The van der Waals surface area contributed by atoms with E-state index < -0.39 is 18.6 Å². The number of hydrogen-bond acceptors (Lipinski definition) is 5. The van der Waals surface area contributed by atoms with Crippen LogP contribution in [0.25, 0.3) is 10.9 Å². The second-order valence-electron chi connectivity index (χ2n) is 7.93. The highest BCUT2D eigenvalue weighted by Gasteiger charge is 2.28. The van der Waals surface area contributed by atoms with E-state index in [4.69, 9.17) is 9.73 Å². The number of nitrogens with one attached hydrogen (secondary N) is 2. The van der Waals surface area contributed by atoms with Crippen molar-refractivity contribution < 1.29 is 27.8 Å². The van der Waals surface area contributed by atoms with Crippen LogP contribution in [0.2, 0.25) is 0 Å². The van der Waals surface area contributed by atoms with Gasteiger partial charge in [0.2, 0.25) is 0 Å². The molecule has 0 aliphatic carbocycles. The number of hydrogen-bond donors (Lipinski definition) is 3. The summed E-state index contributed by atoms with van der Waals surface area (Å²) < 4.78 is 42.8. The number of halogens is 3. The van der Waals surface area contributed by atoms with Gasteiger partial charge in [0, 0.05) is 35.2 Å². The predicted octanol–water partition coefficient (Wildman–Crippen LogP) is 4.53. The van der Waals surface area contributed by atoms with Crippen molar-refractivity contribution in [1.82, 2.24) is 10.3 Å². The molecule has 34 heavy (non-hydrogen) atoms. The summed E-state index contributed by atoms with van der Waals surface area (Å²) in [5.41, 5.74) is 3.37. The highest BCUT2D eigenvalue weighted by Crippen LogP contribution is 2.31. The van der Waals surface area contributed by atoms with E-state index in [1.807, 2.05) is 36.5 Å². The summed E-state index contributed by atoms with van der Waals surface area (Å²) in [5.74, 6) is -0.965. The maximum atomic E-state index is 12.5. The first-order valence-electron chi connectivity index (χ1n) is 11.0. The number of benzene rings is 2. The van der Waals surface area contributed by atoms with Gasteiger partial charge in [-0.3, -0.25) is 9.79 Å². The van der Waals surface area contributed by atoms with Crippen molar-refractivity contribution in [2.75, 3.05) is 37.7 Å². The van der Waals surface area contributed by atoms with E-state index in [-0.39, 0.29) is 11.4 Å². The largest absolute Gasteiger partial charge is 0.494 e. The fourth-order valence-electron chi connectivity index (χ4n) is 3.92. The summed E-state index contributed by atoms with van der Waals surface area (Å²) >= 11 is 0. The molecule has 180 valence electrons. The van der Waals surface area contributed by atoms with Crippen molar-refractivity contribution in [3.63, 3.8) is 0 Å². The molecule has 0 bridgehead atoms. The lowest BCUT2D eigenvalue weighted by Gasteiger charge is -2.28. The predicted molar refractivity (Wildman–Crippen MR) is 124 cm³/mol. The minimum Gasteiger partial charge on any atom is -0.494 e. The van der Waals surface area contributed by atoms with Crippen molar-refractivity contribution in [1.29, 1.82) is 0 Å². The van der Waals surface area contributed by atoms with Gasteiger partial charge in [-0.2, -0.15) is 13.2 Å². The molecule has 0 spiro atoms. The van der Waals surface area contributed by atoms with Crippen molar-refractivity contribution in [2.45, 2.75) is 19.5 Å². The van der Waals surface area contributed by atoms with Crippen LogP contribution >= 0.6 is 0 Å². The number of aromatic amines is 1. The lowest BCUT2D eigenvalue weighted by atomic mass is 10.0. The van der Waals surface area contributed by atoms with Gasteiger partial charge in [0.1, 0.15) is 6.54 Å². The van der Waals surface area contributed by atoms with Crippen LogP contribution in [-0.4, -0.2) is 60.7 Å². The lowest BCUT2D eigenvalue weighted by Crippen LogP contribution is -2.36. The molecule has 1 saturated heterocycles. The molecule has 1 amide bonds. The van der Waals surface area contributed by atoms with Gasteiger partial charge in [-0.25, -0.2) is 0 Å². The minimum absolute atomic E-state index is 0.0577. The van der Waals surface area contributed by atoms with Crippen LogP contribution in [0.4, 0.5) is 24.5 Å². The molecular weight excluding hydrogens is 449 g/mol. The molecule has 1 fully saturated rings. The zero-order valence-corrected chi connectivity index (χ0v) is 18.6. The molecule has 0 saturated carbocycles. The zero-order valence-electron chi connectivity index (χ0n) is 18.6. The SMILES string of the molecule is CCC(=Nc1ccc(N2CCOCC2)cc1)c1c(O)[nH]c2ccc(C(=O)NCC(F)(F)F)cc12. The first kappa shape index (κ1) is 23.6. The molecule has 2 aromatic carbocycles. The Balaban J connectivity index is 1.63. The summed E-state index contributed by atoms with van der Waals surface area (Å²) in [5, 5.41) is 12.9. The van der Waals surface area contributed by atoms with Crippen LogP contribution in [0, 0.1) is 0 Å². The molecule has 3 aromatic rings. The fourth-order valence-corrected chi connectivity index (χ4v) is 3.92. The van der Waals surface area contributed by atoms with Gasteiger partial charge in [0.05, 0.1) is 30.2 Å². The Bertz CT molecular complexity index is 1200. The van der Waals surface area contributed by atoms with E-state index in [9.17, 15) is 23.1 Å². The zero-order chi connectivity index (χ0) is 24.3. The normalized spacial score (nSPS) is 15.1. The minimum atomic E-state index is -4.50. The highest BCUT2D eigenvalue weighted by atomic mass is 19.4. The average Bonchev–Trinajstić information content (AvgIpc) is 3.16. The van der Waals surface area contributed by atoms with Gasteiger partial charge in [0.25, 0.3) is 5.91 Å². The summed E-state index contributed by atoms with van der Waals surface area (Å²) in [4.78, 5) is 22.0. The summed E-state index contributed by atoms with van der Waals surface area (Å²) in [6.07, 6.45) is -4.02. The molecule has 3 N–H and O–H groups in total. The smallest absolute Gasteiger partial charge is 0.405 e. The highest BCUT2D eigenvalue weighted by molar-refractivity contribution is 6.14. The van der Waals surface area contributed by atoms with E-state index in [0.717, 1.165) is 18.8 Å². The number of rotatable bonds is 6. The van der Waals surface area contributed by atoms with E-state index in [1.165, 1.54) is 12.1 Å². The number of carbonyl (C=O) groups is 1. The number of amides is 1. The number of aromatic hydroxyl groups is 1. The van der Waals surface area contributed by atoms with Crippen LogP contribution in [0.5, 0.6) is 5.88 Å². The maximum Gasteiger partial charge on any atom is 0.405 e. The number of morpholine rings is 1. The van der Waals surface area contributed by atoms with Crippen LogP contribution in [0.15, 0.2) is 47.5 Å². The number of ether oxygens (including phenoxy) is 1. The summed E-state index contributed by atoms with van der Waals surface area (Å²) in [7, 11) is 0. The van der Waals surface area contributed by atoms with E-state index in [2.05, 4.69) is 9.88 Å². The Morgan fingerprint density at radius 1 is 1.18 bits per heavy atom. The molecule has 0 atom stereocenters. The van der Waals surface area contributed by atoms with Crippen molar-refractivity contribution in [2.24, 2.45) is 4.99 Å². The molecule has 1 aliphatic heterocycles. The van der Waals surface area contributed by atoms with E-state index >= 15 is 0 Å². The standard InChI is InChI=1S/C24H25F3N4O3/c1-2-19(29-16-4-6-17(7-5-16)31-9-11-34-12-10-31)21-18-13-15(3-8-20(18)30-23(21)33)22(32)28-14-24(25,26)27/h3-8,13,30,33H,2,9-12,14H2,1H3,(H,28,32). The third-order valence-electron chi connectivity index (χ3n) is 5.60. The van der Waals surface area contributed by atoms with Gasteiger partial charge >= 0.3 is 6.18 Å². The number of H-pyrrole nitrogens is 1. The summed E-state index contributed by atoms with van der Waals surface area (Å²) in [6.45, 7) is 3.50. The molecule has 0 radical (unpaired) electrons. The third kappa shape index (κ3) is 5.33. The Hall–Kier alpha value is -3.53. The second kappa shape index (κ2) is 9.76. The van der Waals surface area contributed by atoms with E-state index in [0.29, 0.717) is 47.5 Å². The van der Waals surface area contributed by atoms with Gasteiger partial charge in [-0.05, 0) is 48.9 Å². The van der Waals surface area contributed by atoms with Crippen molar-refractivity contribution in [3.8, 4) is 5.88 Å². The van der Waals surface area contributed by atoms with Gasteiger partial charge in [0.15, 0.2) is 5.88 Å². The number of carbonyl (C=O) groups excluding carboxylic acids is 1. The maximum absolute atomic E-state index is 12.5. The number of alkyl halides is 3. The second-order valence-corrected chi connectivity index (χ2v) is 7.93. The third-order valence-corrected chi connectivity index (χ3v) is 5.60. The molecule has 0 unspecified atom stereocenters. The Labute approximate surface area is 194 Å². The fraction of sp³-hybridized carbons (Fsp3) is 0.333. The topological polar surface area (TPSA) is 90.0 Å². The van der Waals surface area contributed by atoms with Crippen LogP contribution in [0.1, 0.15) is 29.3 Å². The van der Waals surface area contributed by atoms with Crippen LogP contribution in [-0.2, 0) is 4.74 Å². The van der Waals surface area contributed by atoms with Gasteiger partial charge in [-0.15, -0.1) is 0 Å². The van der Waals surface area contributed by atoms with Crippen LogP contribution < -0.4 is 10.2 Å². The molecule has 2 heterocycles. The average molecular weight is 474 g/mol. The van der Waals surface area contributed by atoms with Crippen LogP contribution in [0.3, 0.4) is 0 Å². The molecular formula is C24H25F3N4O3. The van der Waals surface area contributed by atoms with Crippen molar-refractivity contribution >= 4 is 33.9 Å². The molecule has 7 nitrogen and oxygen atoms in total. The first-order valence-corrected chi connectivity index (χ1v) is 11.0. The lowest BCUT2D eigenvalue weighted by molar-refractivity contribution is -0.123. The number of anilines is 1. The summed E-state index contributed by atoms with van der Waals surface area (Å²) in [6, 6.07) is 12.2. The van der Waals surface area contributed by atoms with Crippen molar-refractivity contribution in [3.05, 3.63) is 53.6 Å². The molecule has 4 rings (SSSR count). The molecule has 1 aliphatic rings. The Morgan fingerprint density at radius 2 is 1.88 bits per heavy atom. The van der Waals surface area contributed by atoms with E-state index in [1.54, 1.807) is 6.07 Å². The number of aliphatic imine (C=N–C) groups is 1. The Morgan fingerprint density at radius 3 is 2.53 bits per heavy atom. The molecule has 10 heteroatoms. The first-order chi connectivity index (χ1) is 16.2. The monoisotopic (exact) mass is 474 g/mol. The van der Waals surface area contributed by atoms with Gasteiger partial charge < -0.3 is 25.0 Å². The van der Waals surface area contributed by atoms with Gasteiger partial charge in [-0.1, -0.05) is 6.92 Å². The quantitative estimate of drug-likeness (QED) is 0.458.